The van der Waals surface area contributed by atoms with Crippen molar-refractivity contribution in [3.63, 3.8) is 0 Å². The van der Waals surface area contributed by atoms with Crippen molar-refractivity contribution in [3.8, 4) is 0 Å². The fourth-order valence-electron chi connectivity index (χ4n) is 2.76. The Balaban J connectivity index is 2.14. The van der Waals surface area contributed by atoms with E-state index in [1.807, 2.05) is 0 Å². The van der Waals surface area contributed by atoms with Gasteiger partial charge in [0.1, 0.15) is 0 Å². The molecule has 0 aromatic carbocycles. The second-order valence-electron chi connectivity index (χ2n) is 4.09. The first kappa shape index (κ1) is 8.05. The first-order chi connectivity index (χ1) is 5.68. The fourth-order valence-corrected chi connectivity index (χ4v) is 2.76. The van der Waals surface area contributed by atoms with Crippen molar-refractivity contribution in [1.29, 1.82) is 0 Å². The van der Waals surface area contributed by atoms with E-state index < -0.39 is 5.97 Å². The lowest BCUT2D eigenvalue weighted by Gasteiger charge is -2.43. The third-order valence-electron chi connectivity index (χ3n) is 3.40. The Bertz CT molecular complexity index is 202. The highest BCUT2D eigenvalue weighted by Gasteiger charge is 2.44. The molecule has 0 unspecified atom stereocenters. The first-order valence-electron chi connectivity index (χ1n) is 4.59. The Morgan fingerprint density at radius 2 is 2.00 bits per heavy atom. The topological polar surface area (TPSA) is 57.5 Å². The molecule has 3 fully saturated rings. The Hall–Kier alpha value is -0.570. The maximum absolute atomic E-state index is 10.8. The van der Waals surface area contributed by atoms with Gasteiger partial charge in [-0.15, -0.1) is 0 Å². The number of carboxylic acids is 1. The number of hydrogen-bond acceptors (Lipinski definition) is 2. The third kappa shape index (κ3) is 1.12. The molecule has 0 saturated heterocycles. The molecule has 3 saturated carbocycles. The van der Waals surface area contributed by atoms with Crippen molar-refractivity contribution in [2.45, 2.75) is 31.8 Å². The van der Waals surface area contributed by atoms with E-state index in [0.717, 1.165) is 25.7 Å². The molecule has 0 aromatic heterocycles. The van der Waals surface area contributed by atoms with Crippen molar-refractivity contribution in [2.75, 3.05) is 0 Å². The predicted octanol–water partition coefficient (Wildman–Crippen LogP) is 0.868. The molecule has 0 amide bonds. The minimum atomic E-state index is -0.719. The molecule has 0 aliphatic heterocycles. The van der Waals surface area contributed by atoms with Gasteiger partial charge in [0.15, 0.2) is 0 Å². The van der Waals surface area contributed by atoms with E-state index in [1.165, 1.54) is 0 Å². The lowest BCUT2D eigenvalue weighted by Crippen LogP contribution is -2.44. The van der Waals surface area contributed by atoms with Gasteiger partial charge in [0, 0.05) is 0 Å². The normalized spacial score (nSPS) is 46.1. The highest BCUT2D eigenvalue weighted by molar-refractivity contribution is 5.70. The van der Waals surface area contributed by atoms with Crippen molar-refractivity contribution in [1.82, 2.24) is 0 Å². The second kappa shape index (κ2) is 2.73. The van der Waals surface area contributed by atoms with Crippen LogP contribution in [0.2, 0.25) is 0 Å². The summed E-state index contributed by atoms with van der Waals surface area (Å²) in [4.78, 5) is 10.8. The maximum Gasteiger partial charge on any atom is 0.306 e. The molecule has 0 aromatic rings. The number of hydrogen-bond donors (Lipinski definition) is 2. The van der Waals surface area contributed by atoms with Gasteiger partial charge in [0.05, 0.1) is 12.0 Å². The molecule has 3 nitrogen and oxygen atoms in total. The van der Waals surface area contributed by atoms with Crippen LogP contribution in [0.25, 0.3) is 0 Å². The summed E-state index contributed by atoms with van der Waals surface area (Å²) < 4.78 is 0. The average Bonchev–Trinajstić information content (AvgIpc) is 2.04. The van der Waals surface area contributed by atoms with E-state index >= 15 is 0 Å². The number of carbonyl (C=O) groups is 1. The van der Waals surface area contributed by atoms with Gasteiger partial charge in [-0.2, -0.15) is 0 Å². The molecule has 0 spiro atoms. The van der Waals surface area contributed by atoms with Crippen LogP contribution >= 0.6 is 0 Å². The predicted molar refractivity (Wildman–Crippen MR) is 42.6 cm³/mol. The molecule has 0 heterocycles. The molecule has 3 heteroatoms. The van der Waals surface area contributed by atoms with Crippen LogP contribution in [-0.2, 0) is 4.79 Å². The van der Waals surface area contributed by atoms with Gasteiger partial charge in [0.25, 0.3) is 0 Å². The summed E-state index contributed by atoms with van der Waals surface area (Å²) in [5.41, 5.74) is 0. The van der Waals surface area contributed by atoms with E-state index in [2.05, 4.69) is 0 Å². The first-order valence-corrected chi connectivity index (χ1v) is 4.59. The molecule has 4 atom stereocenters. The van der Waals surface area contributed by atoms with Crippen molar-refractivity contribution in [2.24, 2.45) is 17.8 Å². The van der Waals surface area contributed by atoms with E-state index in [0.29, 0.717) is 5.92 Å². The van der Waals surface area contributed by atoms with Crippen LogP contribution in [0.1, 0.15) is 25.7 Å². The van der Waals surface area contributed by atoms with Gasteiger partial charge < -0.3 is 10.2 Å². The largest absolute Gasteiger partial charge is 0.481 e. The summed E-state index contributed by atoms with van der Waals surface area (Å²) in [6.45, 7) is 0. The minimum absolute atomic E-state index is 0.0347. The van der Waals surface area contributed by atoms with Crippen molar-refractivity contribution in [3.05, 3.63) is 0 Å². The zero-order valence-electron chi connectivity index (χ0n) is 6.94. The molecule has 0 radical (unpaired) electrons. The smallest absolute Gasteiger partial charge is 0.306 e. The zero-order chi connectivity index (χ0) is 8.72. The second-order valence-corrected chi connectivity index (χ2v) is 4.09. The summed E-state index contributed by atoms with van der Waals surface area (Å²) in [6.07, 6.45) is 3.29. The quantitative estimate of drug-likeness (QED) is 0.614. The van der Waals surface area contributed by atoms with Crippen LogP contribution in [0, 0.1) is 17.8 Å². The summed E-state index contributed by atoms with van der Waals surface area (Å²) in [7, 11) is 0. The van der Waals surface area contributed by atoms with Gasteiger partial charge in [0.2, 0.25) is 0 Å². The number of rotatable bonds is 1. The summed E-state index contributed by atoms with van der Waals surface area (Å²) >= 11 is 0. The van der Waals surface area contributed by atoms with E-state index in [1.54, 1.807) is 0 Å². The van der Waals surface area contributed by atoms with Crippen LogP contribution in [-0.4, -0.2) is 22.3 Å². The molecule has 12 heavy (non-hydrogen) atoms. The van der Waals surface area contributed by atoms with E-state index in [4.69, 9.17) is 5.11 Å². The van der Waals surface area contributed by atoms with Gasteiger partial charge in [-0.25, -0.2) is 0 Å². The molecule has 3 aliphatic carbocycles. The minimum Gasteiger partial charge on any atom is -0.481 e. The van der Waals surface area contributed by atoms with E-state index in [-0.39, 0.29) is 17.9 Å². The lowest BCUT2D eigenvalue weighted by atomic mass is 9.63. The zero-order valence-corrected chi connectivity index (χ0v) is 6.94. The van der Waals surface area contributed by atoms with Gasteiger partial charge in [-0.3, -0.25) is 4.79 Å². The standard InChI is InChI=1S/C9H14O3/c10-8-4-5-1-2-6(8)7(3-5)9(11)12/h5-8,10H,1-4H2,(H,11,12)/t5-,6-,7-,8+/m0/s1. The molecular weight excluding hydrogens is 156 g/mol. The fraction of sp³-hybridized carbons (Fsp3) is 0.889. The van der Waals surface area contributed by atoms with Gasteiger partial charge >= 0.3 is 5.97 Å². The highest BCUT2D eigenvalue weighted by Crippen LogP contribution is 2.45. The molecule has 3 rings (SSSR count). The van der Waals surface area contributed by atoms with Gasteiger partial charge in [-0.1, -0.05) is 0 Å². The average molecular weight is 170 g/mol. The Kier molecular flexibility index (Phi) is 1.83. The molecule has 68 valence electrons. The van der Waals surface area contributed by atoms with E-state index in [9.17, 15) is 9.90 Å². The highest BCUT2D eigenvalue weighted by atomic mass is 16.4. The summed E-state index contributed by atoms with van der Waals surface area (Å²) in [6, 6.07) is 0. The van der Waals surface area contributed by atoms with Crippen LogP contribution in [0.5, 0.6) is 0 Å². The van der Waals surface area contributed by atoms with Crippen LogP contribution in [0.15, 0.2) is 0 Å². The lowest BCUT2D eigenvalue weighted by molar-refractivity contribution is -0.152. The van der Waals surface area contributed by atoms with Crippen LogP contribution in [0.4, 0.5) is 0 Å². The van der Waals surface area contributed by atoms with Crippen LogP contribution < -0.4 is 0 Å². The molecule has 2 N–H and O–H groups in total. The molecule has 2 bridgehead atoms. The number of aliphatic hydroxyl groups is 1. The third-order valence-corrected chi connectivity index (χ3v) is 3.40. The number of aliphatic hydroxyl groups excluding tert-OH is 1. The van der Waals surface area contributed by atoms with Gasteiger partial charge in [-0.05, 0) is 37.5 Å². The Labute approximate surface area is 71.4 Å². The number of carboxylic acid groups (broad SMARTS) is 1. The summed E-state index contributed by atoms with van der Waals surface area (Å²) in [5, 5.41) is 18.4. The van der Waals surface area contributed by atoms with Crippen molar-refractivity contribution < 1.29 is 15.0 Å². The molecule has 3 aliphatic rings. The SMILES string of the molecule is O=C(O)[C@H]1C[C@@H]2CC[C@@H]1[C@H](O)C2. The summed E-state index contributed by atoms with van der Waals surface area (Å²) in [5.74, 6) is -0.491. The van der Waals surface area contributed by atoms with Crippen LogP contribution in [0.3, 0.4) is 0 Å². The van der Waals surface area contributed by atoms with Crippen molar-refractivity contribution >= 4 is 5.97 Å². The molecular formula is C9H14O3. The number of fused-ring (bicyclic) bond motifs is 3. The monoisotopic (exact) mass is 170 g/mol. The Morgan fingerprint density at radius 1 is 1.25 bits per heavy atom. The Morgan fingerprint density at radius 3 is 2.42 bits per heavy atom. The number of aliphatic carboxylic acids is 1. The maximum atomic E-state index is 10.8.